The Morgan fingerprint density at radius 3 is 2.75 bits per heavy atom. The molecular formula is C11H11ClN2O2. The summed E-state index contributed by atoms with van der Waals surface area (Å²) >= 11 is 5.57. The molecule has 0 atom stereocenters. The number of hydrogen-bond donors (Lipinski definition) is 1. The van der Waals surface area contributed by atoms with Gasteiger partial charge in [-0.15, -0.1) is 0 Å². The van der Waals surface area contributed by atoms with Gasteiger partial charge < -0.3 is 14.3 Å². The first-order chi connectivity index (χ1) is 7.75. The van der Waals surface area contributed by atoms with E-state index in [2.05, 4.69) is 5.32 Å². The monoisotopic (exact) mass is 238 g/mol. The molecule has 16 heavy (non-hydrogen) atoms. The third kappa shape index (κ3) is 2.67. The molecular weight excluding hydrogens is 228 g/mol. The fourth-order valence-electron chi connectivity index (χ4n) is 1.34. The summed E-state index contributed by atoms with van der Waals surface area (Å²) in [5, 5.41) is 2.96. The average molecular weight is 239 g/mol. The van der Waals surface area contributed by atoms with E-state index in [4.69, 9.17) is 16.0 Å². The molecule has 0 fully saturated rings. The minimum Gasteiger partial charge on any atom is -0.440 e. The Bertz CT molecular complexity index is 462. The molecule has 0 saturated heterocycles. The van der Waals surface area contributed by atoms with E-state index in [9.17, 15) is 4.79 Å². The van der Waals surface area contributed by atoms with E-state index in [1.807, 2.05) is 29.1 Å². The van der Waals surface area contributed by atoms with Gasteiger partial charge in [-0.05, 0) is 35.9 Å². The molecule has 0 aliphatic carbocycles. The largest absolute Gasteiger partial charge is 0.440 e. The Hall–Kier alpha value is -1.68. The molecule has 84 valence electrons. The van der Waals surface area contributed by atoms with Crippen LogP contribution in [0, 0.1) is 0 Å². The van der Waals surface area contributed by atoms with Crippen molar-refractivity contribution < 1.29 is 9.21 Å². The standard InChI is InChI=1S/C11H11ClN2O2/c12-10-4-3-9(16-10)11(15)13-5-8-14-6-1-2-7-14/h1-4,6-7H,5,8H2,(H,13,15). The van der Waals surface area contributed by atoms with Crippen molar-refractivity contribution in [3.8, 4) is 0 Å². The number of rotatable bonds is 4. The fourth-order valence-corrected chi connectivity index (χ4v) is 1.49. The molecule has 1 N–H and O–H groups in total. The zero-order chi connectivity index (χ0) is 11.4. The molecule has 0 bridgehead atoms. The van der Waals surface area contributed by atoms with Crippen LogP contribution in [-0.4, -0.2) is 17.0 Å². The molecule has 0 aromatic carbocycles. The van der Waals surface area contributed by atoms with Crippen molar-refractivity contribution in [2.45, 2.75) is 6.54 Å². The highest BCUT2D eigenvalue weighted by Gasteiger charge is 2.09. The van der Waals surface area contributed by atoms with Gasteiger partial charge in [0.15, 0.2) is 11.0 Å². The smallest absolute Gasteiger partial charge is 0.287 e. The van der Waals surface area contributed by atoms with Gasteiger partial charge in [-0.25, -0.2) is 0 Å². The maximum atomic E-state index is 11.5. The van der Waals surface area contributed by atoms with Gasteiger partial charge in [-0.2, -0.15) is 0 Å². The number of furan rings is 1. The number of aromatic nitrogens is 1. The maximum absolute atomic E-state index is 11.5. The van der Waals surface area contributed by atoms with Gasteiger partial charge in [-0.3, -0.25) is 4.79 Å². The number of nitrogens with one attached hydrogen (secondary N) is 1. The van der Waals surface area contributed by atoms with Crippen LogP contribution >= 0.6 is 11.6 Å². The lowest BCUT2D eigenvalue weighted by Gasteiger charge is -2.04. The molecule has 1 amide bonds. The lowest BCUT2D eigenvalue weighted by molar-refractivity contribution is 0.0924. The third-order valence-corrected chi connectivity index (χ3v) is 2.32. The quantitative estimate of drug-likeness (QED) is 0.887. The van der Waals surface area contributed by atoms with Crippen molar-refractivity contribution in [2.75, 3.05) is 6.54 Å². The van der Waals surface area contributed by atoms with Crippen LogP contribution in [0.4, 0.5) is 0 Å². The molecule has 2 heterocycles. The van der Waals surface area contributed by atoms with Gasteiger partial charge in [0.25, 0.3) is 5.91 Å². The Morgan fingerprint density at radius 2 is 2.12 bits per heavy atom. The molecule has 0 saturated carbocycles. The van der Waals surface area contributed by atoms with Crippen LogP contribution in [0.25, 0.3) is 0 Å². The van der Waals surface area contributed by atoms with Crippen LogP contribution in [0.3, 0.4) is 0 Å². The van der Waals surface area contributed by atoms with Gasteiger partial charge in [0.2, 0.25) is 0 Å². The topological polar surface area (TPSA) is 47.2 Å². The molecule has 2 aromatic rings. The van der Waals surface area contributed by atoms with E-state index in [-0.39, 0.29) is 16.9 Å². The maximum Gasteiger partial charge on any atom is 0.287 e. The van der Waals surface area contributed by atoms with Crippen molar-refractivity contribution in [3.63, 3.8) is 0 Å². The predicted octanol–water partition coefficient (Wildman–Crippen LogP) is 2.16. The highest BCUT2D eigenvalue weighted by Crippen LogP contribution is 2.12. The number of nitrogens with zero attached hydrogens (tertiary/aromatic N) is 1. The normalized spacial score (nSPS) is 10.3. The van der Waals surface area contributed by atoms with E-state index in [0.29, 0.717) is 6.54 Å². The highest BCUT2D eigenvalue weighted by molar-refractivity contribution is 6.29. The first-order valence-corrected chi connectivity index (χ1v) is 5.28. The molecule has 0 unspecified atom stereocenters. The Morgan fingerprint density at radius 1 is 1.38 bits per heavy atom. The summed E-state index contributed by atoms with van der Waals surface area (Å²) in [6.07, 6.45) is 3.88. The van der Waals surface area contributed by atoms with E-state index >= 15 is 0 Å². The summed E-state index contributed by atoms with van der Waals surface area (Å²) in [7, 11) is 0. The minimum absolute atomic E-state index is 0.218. The van der Waals surface area contributed by atoms with Gasteiger partial charge in [0, 0.05) is 25.5 Å². The van der Waals surface area contributed by atoms with Gasteiger partial charge in [0.1, 0.15) is 0 Å². The van der Waals surface area contributed by atoms with Crippen LogP contribution in [0.5, 0.6) is 0 Å². The summed E-state index contributed by atoms with van der Waals surface area (Å²) in [5.41, 5.74) is 0. The first kappa shape index (κ1) is 10.8. The molecule has 0 spiro atoms. The lowest BCUT2D eigenvalue weighted by Crippen LogP contribution is -2.26. The van der Waals surface area contributed by atoms with Crippen molar-refractivity contribution >= 4 is 17.5 Å². The molecule has 2 rings (SSSR count). The molecule has 0 radical (unpaired) electrons. The second-order valence-electron chi connectivity index (χ2n) is 3.28. The lowest BCUT2D eigenvalue weighted by atomic mass is 10.4. The van der Waals surface area contributed by atoms with Crippen LogP contribution < -0.4 is 5.32 Å². The molecule has 0 aliphatic heterocycles. The Balaban J connectivity index is 1.80. The van der Waals surface area contributed by atoms with Crippen molar-refractivity contribution in [3.05, 3.63) is 47.6 Å². The summed E-state index contributed by atoms with van der Waals surface area (Å²) < 4.78 is 6.96. The number of hydrogen-bond acceptors (Lipinski definition) is 2. The molecule has 5 heteroatoms. The number of carbonyl (C=O) groups is 1. The summed E-state index contributed by atoms with van der Waals surface area (Å²) in [6, 6.07) is 6.97. The zero-order valence-electron chi connectivity index (χ0n) is 8.52. The van der Waals surface area contributed by atoms with Crippen LogP contribution in [0.2, 0.25) is 5.22 Å². The van der Waals surface area contributed by atoms with Crippen LogP contribution in [-0.2, 0) is 6.54 Å². The van der Waals surface area contributed by atoms with Gasteiger partial charge in [-0.1, -0.05) is 0 Å². The summed E-state index contributed by atoms with van der Waals surface area (Å²) in [5.74, 6) is -0.0171. The van der Waals surface area contributed by atoms with Crippen molar-refractivity contribution in [2.24, 2.45) is 0 Å². The molecule has 2 aromatic heterocycles. The number of amides is 1. The second-order valence-corrected chi connectivity index (χ2v) is 3.65. The van der Waals surface area contributed by atoms with E-state index in [0.717, 1.165) is 6.54 Å². The van der Waals surface area contributed by atoms with E-state index in [1.54, 1.807) is 12.1 Å². The minimum atomic E-state index is -0.251. The number of halogens is 1. The van der Waals surface area contributed by atoms with Gasteiger partial charge in [0.05, 0.1) is 0 Å². The van der Waals surface area contributed by atoms with Gasteiger partial charge >= 0.3 is 0 Å². The number of carbonyl (C=O) groups excluding carboxylic acids is 1. The second kappa shape index (κ2) is 4.90. The van der Waals surface area contributed by atoms with Crippen molar-refractivity contribution in [1.29, 1.82) is 0 Å². The van der Waals surface area contributed by atoms with Crippen LogP contribution in [0.1, 0.15) is 10.6 Å². The third-order valence-electron chi connectivity index (χ3n) is 2.12. The van der Waals surface area contributed by atoms with Crippen molar-refractivity contribution in [1.82, 2.24) is 9.88 Å². The fraction of sp³-hybridized carbons (Fsp3) is 0.182. The summed E-state index contributed by atoms with van der Waals surface area (Å²) in [6.45, 7) is 1.28. The SMILES string of the molecule is O=C(NCCn1cccc1)c1ccc(Cl)o1. The van der Waals surface area contributed by atoms with E-state index < -0.39 is 0 Å². The van der Waals surface area contributed by atoms with E-state index in [1.165, 1.54) is 0 Å². The highest BCUT2D eigenvalue weighted by atomic mass is 35.5. The zero-order valence-corrected chi connectivity index (χ0v) is 9.28. The first-order valence-electron chi connectivity index (χ1n) is 4.90. The average Bonchev–Trinajstić information content (AvgIpc) is 2.89. The predicted molar refractivity (Wildman–Crippen MR) is 60.5 cm³/mol. The Kier molecular flexibility index (Phi) is 3.31. The summed E-state index contributed by atoms with van der Waals surface area (Å²) in [4.78, 5) is 11.5. The Labute approximate surface area is 97.8 Å². The van der Waals surface area contributed by atoms with Crippen LogP contribution in [0.15, 0.2) is 41.1 Å². The molecule has 0 aliphatic rings. The molecule has 4 nitrogen and oxygen atoms in total.